The molecule has 22 heavy (non-hydrogen) atoms. The first-order chi connectivity index (χ1) is 10.6. The van der Waals surface area contributed by atoms with Crippen LogP contribution in [-0.4, -0.2) is 18.2 Å². The number of aryl methyl sites for hydroxylation is 1. The molecule has 0 saturated heterocycles. The van der Waals surface area contributed by atoms with Gasteiger partial charge in [-0.2, -0.15) is 0 Å². The second-order valence-electron chi connectivity index (χ2n) is 4.80. The average molecular weight is 294 g/mol. The summed E-state index contributed by atoms with van der Waals surface area (Å²) in [4.78, 5) is 10.9. The zero-order valence-corrected chi connectivity index (χ0v) is 12.6. The van der Waals surface area contributed by atoms with Crippen molar-refractivity contribution in [2.24, 2.45) is 0 Å². The SMILES string of the molecule is COC(=O)c1ccccc1O.Cc1cccc2ccccc12. The summed E-state index contributed by atoms with van der Waals surface area (Å²) in [7, 11) is 1.27. The van der Waals surface area contributed by atoms with Crippen molar-refractivity contribution in [1.82, 2.24) is 0 Å². The lowest BCUT2D eigenvalue weighted by molar-refractivity contribution is 0.0597. The Labute approximate surface area is 129 Å². The van der Waals surface area contributed by atoms with E-state index in [0.717, 1.165) is 0 Å². The van der Waals surface area contributed by atoms with Gasteiger partial charge in [0, 0.05) is 0 Å². The number of esters is 1. The van der Waals surface area contributed by atoms with Gasteiger partial charge in [-0.3, -0.25) is 0 Å². The third-order valence-corrected chi connectivity index (χ3v) is 3.32. The molecular formula is C19H18O3. The van der Waals surface area contributed by atoms with Crippen LogP contribution in [0.25, 0.3) is 10.8 Å². The molecule has 0 amide bonds. The molecular weight excluding hydrogens is 276 g/mol. The van der Waals surface area contributed by atoms with Crippen LogP contribution in [0.5, 0.6) is 5.75 Å². The number of methoxy groups -OCH3 is 1. The van der Waals surface area contributed by atoms with Crippen molar-refractivity contribution in [3.05, 3.63) is 77.9 Å². The first kappa shape index (κ1) is 15.6. The van der Waals surface area contributed by atoms with Crippen LogP contribution in [0.1, 0.15) is 15.9 Å². The van der Waals surface area contributed by atoms with Crippen LogP contribution in [0.15, 0.2) is 66.7 Å². The monoisotopic (exact) mass is 294 g/mol. The van der Waals surface area contributed by atoms with Gasteiger partial charge in [-0.25, -0.2) is 4.79 Å². The van der Waals surface area contributed by atoms with Crippen LogP contribution < -0.4 is 0 Å². The van der Waals surface area contributed by atoms with Gasteiger partial charge in [-0.15, -0.1) is 0 Å². The topological polar surface area (TPSA) is 46.5 Å². The molecule has 0 saturated carbocycles. The second kappa shape index (κ2) is 7.27. The highest BCUT2D eigenvalue weighted by Crippen LogP contribution is 2.17. The molecule has 0 aliphatic rings. The highest BCUT2D eigenvalue weighted by atomic mass is 16.5. The van der Waals surface area contributed by atoms with E-state index in [4.69, 9.17) is 5.11 Å². The Morgan fingerprint density at radius 1 is 0.909 bits per heavy atom. The Kier molecular flexibility index (Phi) is 5.15. The number of carbonyl (C=O) groups excluding carboxylic acids is 1. The summed E-state index contributed by atoms with van der Waals surface area (Å²) in [5.41, 5.74) is 1.54. The predicted molar refractivity (Wildman–Crippen MR) is 88.1 cm³/mol. The number of fused-ring (bicyclic) bond motifs is 1. The number of ether oxygens (including phenoxy) is 1. The molecule has 1 N–H and O–H groups in total. The fourth-order valence-corrected chi connectivity index (χ4v) is 2.14. The molecule has 0 bridgehead atoms. The smallest absolute Gasteiger partial charge is 0.341 e. The molecule has 3 rings (SSSR count). The number of rotatable bonds is 1. The minimum Gasteiger partial charge on any atom is -0.507 e. The molecule has 0 aliphatic carbocycles. The summed E-state index contributed by atoms with van der Waals surface area (Å²) in [6, 6.07) is 21.1. The molecule has 0 aromatic heterocycles. The van der Waals surface area contributed by atoms with E-state index in [0.29, 0.717) is 0 Å². The minimum absolute atomic E-state index is 0.0562. The van der Waals surface area contributed by atoms with Gasteiger partial charge in [0.25, 0.3) is 0 Å². The van der Waals surface area contributed by atoms with E-state index in [1.54, 1.807) is 12.1 Å². The van der Waals surface area contributed by atoms with E-state index in [2.05, 4.69) is 54.1 Å². The van der Waals surface area contributed by atoms with E-state index in [1.807, 2.05) is 0 Å². The van der Waals surface area contributed by atoms with Gasteiger partial charge in [0.2, 0.25) is 0 Å². The summed E-state index contributed by atoms with van der Waals surface area (Å²) in [5.74, 6) is -0.581. The molecule has 0 fully saturated rings. The zero-order valence-electron chi connectivity index (χ0n) is 12.6. The van der Waals surface area contributed by atoms with Crippen molar-refractivity contribution >= 4 is 16.7 Å². The molecule has 0 heterocycles. The van der Waals surface area contributed by atoms with Gasteiger partial charge in [-0.05, 0) is 35.4 Å². The van der Waals surface area contributed by atoms with E-state index >= 15 is 0 Å². The van der Waals surface area contributed by atoms with Crippen LogP contribution in [0, 0.1) is 6.92 Å². The lowest BCUT2D eigenvalue weighted by Gasteiger charge is -1.99. The maximum absolute atomic E-state index is 10.9. The molecule has 0 unspecified atom stereocenters. The molecule has 3 aromatic rings. The summed E-state index contributed by atoms with van der Waals surface area (Å²) in [5, 5.41) is 11.8. The van der Waals surface area contributed by atoms with Crippen LogP contribution in [-0.2, 0) is 4.74 Å². The van der Waals surface area contributed by atoms with Crippen LogP contribution in [0.2, 0.25) is 0 Å². The summed E-state index contributed by atoms with van der Waals surface area (Å²) in [6.45, 7) is 2.14. The fraction of sp³-hybridized carbons (Fsp3) is 0.105. The Hall–Kier alpha value is -2.81. The molecule has 3 nitrogen and oxygen atoms in total. The minimum atomic E-state index is -0.525. The Morgan fingerprint density at radius 2 is 1.55 bits per heavy atom. The largest absolute Gasteiger partial charge is 0.507 e. The van der Waals surface area contributed by atoms with E-state index in [9.17, 15) is 4.79 Å². The molecule has 3 aromatic carbocycles. The normalized spacial score (nSPS) is 9.73. The predicted octanol–water partition coefficient (Wildman–Crippen LogP) is 4.33. The number of aromatic hydroxyl groups is 1. The van der Waals surface area contributed by atoms with Gasteiger partial charge >= 0.3 is 5.97 Å². The van der Waals surface area contributed by atoms with Gasteiger partial charge in [0.1, 0.15) is 11.3 Å². The lowest BCUT2D eigenvalue weighted by atomic mass is 10.1. The average Bonchev–Trinajstić information content (AvgIpc) is 2.56. The fourth-order valence-electron chi connectivity index (χ4n) is 2.14. The van der Waals surface area contributed by atoms with Crippen molar-refractivity contribution in [1.29, 1.82) is 0 Å². The van der Waals surface area contributed by atoms with Gasteiger partial charge in [-0.1, -0.05) is 54.6 Å². The number of benzene rings is 3. The van der Waals surface area contributed by atoms with E-state index < -0.39 is 5.97 Å². The van der Waals surface area contributed by atoms with Gasteiger partial charge in [0.05, 0.1) is 7.11 Å². The number of phenolic OH excluding ortho intramolecular Hbond substituents is 1. The molecule has 3 heteroatoms. The standard InChI is InChI=1S/C11H10.C8H8O3/c1-9-5-4-7-10-6-2-3-8-11(9)10;1-11-8(10)6-4-2-3-5-7(6)9/h2-8H,1H3;2-5,9H,1H3. The first-order valence-corrected chi connectivity index (χ1v) is 6.94. The molecule has 112 valence electrons. The van der Waals surface area contributed by atoms with Gasteiger partial charge in [0.15, 0.2) is 0 Å². The summed E-state index contributed by atoms with van der Waals surface area (Å²) < 4.78 is 4.42. The highest BCUT2D eigenvalue weighted by molar-refractivity contribution is 5.92. The van der Waals surface area contributed by atoms with Crippen LogP contribution >= 0.6 is 0 Å². The number of phenols is 1. The van der Waals surface area contributed by atoms with Crippen molar-refractivity contribution < 1.29 is 14.6 Å². The lowest BCUT2D eigenvalue weighted by Crippen LogP contribution is -2.00. The van der Waals surface area contributed by atoms with Gasteiger partial charge < -0.3 is 9.84 Å². The zero-order chi connectivity index (χ0) is 15.9. The van der Waals surface area contributed by atoms with E-state index in [-0.39, 0.29) is 11.3 Å². The van der Waals surface area contributed by atoms with Crippen LogP contribution in [0.3, 0.4) is 0 Å². The van der Waals surface area contributed by atoms with Crippen molar-refractivity contribution in [3.8, 4) is 5.75 Å². The number of hydrogen-bond donors (Lipinski definition) is 1. The Bertz CT molecular complexity index is 773. The van der Waals surface area contributed by atoms with Crippen molar-refractivity contribution in [2.75, 3.05) is 7.11 Å². The summed E-state index contributed by atoms with van der Waals surface area (Å²) in [6.07, 6.45) is 0. The first-order valence-electron chi connectivity index (χ1n) is 6.94. The molecule has 0 aliphatic heterocycles. The maximum atomic E-state index is 10.9. The van der Waals surface area contributed by atoms with Crippen molar-refractivity contribution in [3.63, 3.8) is 0 Å². The number of hydrogen-bond acceptors (Lipinski definition) is 3. The third kappa shape index (κ3) is 3.64. The van der Waals surface area contributed by atoms with E-state index in [1.165, 1.54) is 35.6 Å². The molecule has 0 atom stereocenters. The summed E-state index contributed by atoms with van der Waals surface area (Å²) >= 11 is 0. The maximum Gasteiger partial charge on any atom is 0.341 e. The second-order valence-corrected chi connectivity index (χ2v) is 4.80. The Balaban J connectivity index is 0.000000160. The molecule has 0 spiro atoms. The highest BCUT2D eigenvalue weighted by Gasteiger charge is 2.08. The molecule has 0 radical (unpaired) electrons. The third-order valence-electron chi connectivity index (χ3n) is 3.32. The van der Waals surface area contributed by atoms with Crippen molar-refractivity contribution in [2.45, 2.75) is 6.92 Å². The Morgan fingerprint density at radius 3 is 2.23 bits per heavy atom. The number of carbonyl (C=O) groups is 1. The van der Waals surface area contributed by atoms with Crippen LogP contribution in [0.4, 0.5) is 0 Å². The quantitative estimate of drug-likeness (QED) is 0.680. The number of para-hydroxylation sites is 1.